The highest BCUT2D eigenvalue weighted by Gasteiger charge is 2.32. The number of hydrogen-bond donors (Lipinski definition) is 0. The van der Waals surface area contributed by atoms with Gasteiger partial charge in [-0.05, 0) is 37.4 Å². The topological polar surface area (TPSA) is 39.9 Å². The zero-order chi connectivity index (χ0) is 12.0. The molecule has 3 rings (SSSR count). The Morgan fingerprint density at radius 3 is 2.82 bits per heavy atom. The van der Waals surface area contributed by atoms with Gasteiger partial charge in [0.15, 0.2) is 0 Å². The molecule has 1 aromatic heterocycles. The van der Waals surface area contributed by atoms with Crippen molar-refractivity contribution >= 4 is 11.6 Å². The summed E-state index contributed by atoms with van der Waals surface area (Å²) in [7, 11) is 2.11. The summed E-state index contributed by atoms with van der Waals surface area (Å²) in [5, 5.41) is 9.60. The Morgan fingerprint density at radius 1 is 1.41 bits per heavy atom. The molecule has 1 fully saturated rings. The minimum absolute atomic E-state index is 0.401. The van der Waals surface area contributed by atoms with Gasteiger partial charge in [-0.1, -0.05) is 11.6 Å². The highest BCUT2D eigenvalue weighted by molar-refractivity contribution is 6.30. The maximum atomic E-state index is 9.20. The van der Waals surface area contributed by atoms with Crippen LogP contribution < -0.4 is 0 Å². The second kappa shape index (κ2) is 3.97. The van der Waals surface area contributed by atoms with E-state index in [1.165, 1.54) is 18.4 Å². The van der Waals surface area contributed by atoms with E-state index in [1.54, 1.807) is 0 Å². The van der Waals surface area contributed by atoms with Crippen LogP contribution in [0.2, 0.25) is 5.15 Å². The standard InChI is InChI=1S/C13H14ClN3/c1-17-5-4-9-10(6-15)13(14)16-12(8-2-3-8)11(9)7-17/h8H,2-5,7H2,1H3. The Labute approximate surface area is 106 Å². The summed E-state index contributed by atoms with van der Waals surface area (Å²) < 4.78 is 0. The van der Waals surface area contributed by atoms with Gasteiger partial charge in [0, 0.05) is 19.0 Å². The van der Waals surface area contributed by atoms with Crippen molar-refractivity contribution in [1.29, 1.82) is 5.26 Å². The summed E-state index contributed by atoms with van der Waals surface area (Å²) in [5.74, 6) is 0.584. The molecule has 0 spiro atoms. The van der Waals surface area contributed by atoms with E-state index in [-0.39, 0.29) is 0 Å². The van der Waals surface area contributed by atoms with Crippen LogP contribution in [0.1, 0.15) is 41.1 Å². The molecule has 17 heavy (non-hydrogen) atoms. The van der Waals surface area contributed by atoms with Crippen LogP contribution in [-0.2, 0) is 13.0 Å². The lowest BCUT2D eigenvalue weighted by atomic mass is 9.93. The van der Waals surface area contributed by atoms with E-state index >= 15 is 0 Å². The second-order valence-electron chi connectivity index (χ2n) is 4.99. The Kier molecular flexibility index (Phi) is 2.57. The van der Waals surface area contributed by atoms with Crippen molar-refractivity contribution in [2.45, 2.75) is 31.7 Å². The van der Waals surface area contributed by atoms with Crippen LogP contribution in [0.4, 0.5) is 0 Å². The summed E-state index contributed by atoms with van der Waals surface area (Å²) in [5.41, 5.74) is 4.16. The van der Waals surface area contributed by atoms with E-state index in [0.717, 1.165) is 30.8 Å². The summed E-state index contributed by atoms with van der Waals surface area (Å²) in [6.07, 6.45) is 3.34. The lowest BCUT2D eigenvalue weighted by Crippen LogP contribution is -2.28. The molecule has 1 saturated carbocycles. The Bertz CT molecular complexity index is 514. The van der Waals surface area contributed by atoms with E-state index in [0.29, 0.717) is 16.6 Å². The Balaban J connectivity index is 2.19. The highest BCUT2D eigenvalue weighted by atomic mass is 35.5. The van der Waals surface area contributed by atoms with Crippen molar-refractivity contribution in [3.8, 4) is 6.07 Å². The van der Waals surface area contributed by atoms with Crippen molar-refractivity contribution in [1.82, 2.24) is 9.88 Å². The van der Waals surface area contributed by atoms with Gasteiger partial charge in [-0.15, -0.1) is 0 Å². The first-order valence-corrected chi connectivity index (χ1v) is 6.38. The Hall–Kier alpha value is -1.11. The van der Waals surface area contributed by atoms with Crippen LogP contribution in [0.3, 0.4) is 0 Å². The molecule has 0 unspecified atom stereocenters. The zero-order valence-electron chi connectivity index (χ0n) is 9.83. The molecule has 0 radical (unpaired) electrons. The van der Waals surface area contributed by atoms with E-state index in [4.69, 9.17) is 11.6 Å². The first-order valence-electron chi connectivity index (χ1n) is 6.00. The number of fused-ring (bicyclic) bond motifs is 1. The van der Waals surface area contributed by atoms with Crippen molar-refractivity contribution in [2.75, 3.05) is 13.6 Å². The molecule has 0 aromatic carbocycles. The summed E-state index contributed by atoms with van der Waals surface area (Å²) in [6, 6.07) is 2.21. The molecular weight excluding hydrogens is 234 g/mol. The van der Waals surface area contributed by atoms with Crippen molar-refractivity contribution in [3.63, 3.8) is 0 Å². The first-order chi connectivity index (χ1) is 8.20. The minimum atomic E-state index is 0.401. The van der Waals surface area contributed by atoms with Crippen molar-refractivity contribution < 1.29 is 0 Å². The predicted molar refractivity (Wildman–Crippen MR) is 66.0 cm³/mol. The van der Waals surface area contributed by atoms with Gasteiger partial charge in [0.1, 0.15) is 11.2 Å². The van der Waals surface area contributed by atoms with Gasteiger partial charge in [-0.25, -0.2) is 4.98 Å². The largest absolute Gasteiger partial charge is 0.302 e. The zero-order valence-corrected chi connectivity index (χ0v) is 10.6. The Morgan fingerprint density at radius 2 is 2.18 bits per heavy atom. The fourth-order valence-electron chi connectivity index (χ4n) is 2.57. The van der Waals surface area contributed by atoms with Crippen LogP contribution in [0.5, 0.6) is 0 Å². The molecule has 0 N–H and O–H groups in total. The van der Waals surface area contributed by atoms with Gasteiger partial charge in [0.25, 0.3) is 0 Å². The van der Waals surface area contributed by atoms with Crippen LogP contribution in [-0.4, -0.2) is 23.5 Å². The maximum Gasteiger partial charge on any atom is 0.147 e. The monoisotopic (exact) mass is 247 g/mol. The maximum absolute atomic E-state index is 9.20. The first kappa shape index (κ1) is 11.0. The van der Waals surface area contributed by atoms with E-state index in [9.17, 15) is 5.26 Å². The number of halogens is 1. The third kappa shape index (κ3) is 1.82. The SMILES string of the molecule is CN1CCc2c(C#N)c(Cl)nc(C3CC3)c2C1. The van der Waals surface area contributed by atoms with Gasteiger partial charge in [-0.2, -0.15) is 5.26 Å². The van der Waals surface area contributed by atoms with Gasteiger partial charge >= 0.3 is 0 Å². The molecule has 0 bridgehead atoms. The molecule has 4 heteroatoms. The fourth-order valence-corrected chi connectivity index (χ4v) is 2.82. The predicted octanol–water partition coefficient (Wildman–Crippen LogP) is 2.47. The number of nitriles is 1. The third-order valence-electron chi connectivity index (χ3n) is 3.65. The number of hydrogen-bond acceptors (Lipinski definition) is 3. The number of rotatable bonds is 1. The molecule has 0 saturated heterocycles. The summed E-state index contributed by atoms with van der Waals surface area (Å²) in [4.78, 5) is 6.75. The van der Waals surface area contributed by atoms with Crippen LogP contribution >= 0.6 is 11.6 Å². The normalized spacial score (nSPS) is 19.8. The average Bonchev–Trinajstić information content (AvgIpc) is 3.12. The molecule has 1 aromatic rings. The van der Waals surface area contributed by atoms with Gasteiger partial charge in [0.2, 0.25) is 0 Å². The molecule has 2 aliphatic rings. The second-order valence-corrected chi connectivity index (χ2v) is 5.35. The number of pyridine rings is 1. The quantitative estimate of drug-likeness (QED) is 0.716. The van der Waals surface area contributed by atoms with Gasteiger partial charge in [0.05, 0.1) is 11.3 Å². The van der Waals surface area contributed by atoms with Crippen LogP contribution in [0.25, 0.3) is 0 Å². The molecule has 1 aliphatic heterocycles. The minimum Gasteiger partial charge on any atom is -0.302 e. The molecule has 1 aliphatic carbocycles. The smallest absolute Gasteiger partial charge is 0.147 e. The van der Waals surface area contributed by atoms with Gasteiger partial charge < -0.3 is 4.90 Å². The molecule has 0 atom stereocenters. The van der Waals surface area contributed by atoms with Crippen LogP contribution in [0, 0.1) is 11.3 Å². The van der Waals surface area contributed by atoms with E-state index < -0.39 is 0 Å². The molecule has 2 heterocycles. The summed E-state index contributed by atoms with van der Waals surface area (Å²) >= 11 is 6.13. The van der Waals surface area contributed by atoms with E-state index in [2.05, 4.69) is 23.0 Å². The van der Waals surface area contributed by atoms with E-state index in [1.807, 2.05) is 0 Å². The third-order valence-corrected chi connectivity index (χ3v) is 3.92. The molecule has 3 nitrogen and oxygen atoms in total. The van der Waals surface area contributed by atoms with Gasteiger partial charge in [-0.3, -0.25) is 0 Å². The number of aromatic nitrogens is 1. The highest BCUT2D eigenvalue weighted by Crippen LogP contribution is 2.43. The molecular formula is C13H14ClN3. The lowest BCUT2D eigenvalue weighted by molar-refractivity contribution is 0.310. The van der Waals surface area contributed by atoms with Crippen LogP contribution in [0.15, 0.2) is 0 Å². The number of nitrogens with zero attached hydrogens (tertiary/aromatic N) is 3. The molecule has 88 valence electrons. The number of likely N-dealkylation sites (N-methyl/N-ethyl adjacent to an activating group) is 1. The fraction of sp³-hybridized carbons (Fsp3) is 0.538. The summed E-state index contributed by atoms with van der Waals surface area (Å²) in [6.45, 7) is 1.89. The van der Waals surface area contributed by atoms with Crippen molar-refractivity contribution in [2.24, 2.45) is 0 Å². The van der Waals surface area contributed by atoms with Crippen molar-refractivity contribution in [3.05, 3.63) is 27.5 Å². The molecule has 0 amide bonds. The lowest BCUT2D eigenvalue weighted by Gasteiger charge is -2.27. The average molecular weight is 248 g/mol.